The SMILES string of the molecule is CCO[Si](OCC)(OCC)c1ccc([Si](OCC)(OCC)OCC)cc1.[SiH3][SiH3]. The molecule has 0 saturated carbocycles. The van der Waals surface area contributed by atoms with E-state index in [1.54, 1.807) is 0 Å². The first-order chi connectivity index (χ1) is 13.6. The van der Waals surface area contributed by atoms with E-state index >= 15 is 0 Å². The largest absolute Gasteiger partial charge is 0.537 e. The zero-order valence-corrected chi connectivity index (χ0v) is 25.0. The Kier molecular flexibility index (Phi) is 15.6. The molecule has 0 saturated heterocycles. The molecular weight excluding hydrogens is 425 g/mol. The van der Waals surface area contributed by atoms with Gasteiger partial charge in [-0.2, -0.15) is 0 Å². The molecule has 0 N–H and O–H groups in total. The lowest BCUT2D eigenvalue weighted by molar-refractivity contribution is 0.0845. The molecule has 164 valence electrons. The predicted molar refractivity (Wildman–Crippen MR) is 127 cm³/mol. The Morgan fingerprint density at radius 3 is 0.821 bits per heavy atom. The maximum atomic E-state index is 5.98. The second-order valence-corrected chi connectivity index (χ2v) is 10.4. The van der Waals surface area contributed by atoms with Crippen LogP contribution in [0, 0.1) is 0 Å². The van der Waals surface area contributed by atoms with Gasteiger partial charge in [-0.05, 0) is 61.1 Å². The normalized spacial score (nSPS) is 12.1. The summed E-state index contributed by atoms with van der Waals surface area (Å²) in [6.07, 6.45) is 0. The highest BCUT2D eigenvalue weighted by molar-refractivity contribution is 6.77. The Morgan fingerprint density at radius 2 is 0.679 bits per heavy atom. The van der Waals surface area contributed by atoms with Crippen molar-refractivity contribution < 1.29 is 26.6 Å². The highest BCUT2D eigenvalue weighted by Gasteiger charge is 2.46. The molecule has 0 aromatic heterocycles. The predicted octanol–water partition coefficient (Wildman–Crippen LogP) is -0.170. The van der Waals surface area contributed by atoms with Gasteiger partial charge in [0.15, 0.2) is 0 Å². The van der Waals surface area contributed by atoms with Crippen LogP contribution in [0.1, 0.15) is 41.5 Å². The quantitative estimate of drug-likeness (QED) is 0.356. The second kappa shape index (κ2) is 15.7. The van der Waals surface area contributed by atoms with Gasteiger partial charge in [-0.25, -0.2) is 0 Å². The third-order valence-electron chi connectivity index (χ3n) is 3.60. The van der Waals surface area contributed by atoms with Gasteiger partial charge in [-0.15, -0.1) is 0 Å². The molecule has 1 aromatic rings. The van der Waals surface area contributed by atoms with E-state index in [1.165, 1.54) is 19.5 Å². The lowest BCUT2D eigenvalue weighted by atomic mass is 10.4. The molecule has 10 heteroatoms. The molecule has 0 aliphatic rings. The van der Waals surface area contributed by atoms with Crippen molar-refractivity contribution in [2.75, 3.05) is 39.6 Å². The molecule has 0 amide bonds. The first kappa shape index (κ1) is 27.8. The Labute approximate surface area is 179 Å². The molecule has 28 heavy (non-hydrogen) atoms. The van der Waals surface area contributed by atoms with Crippen LogP contribution in [0.3, 0.4) is 0 Å². The topological polar surface area (TPSA) is 55.4 Å². The van der Waals surface area contributed by atoms with Gasteiger partial charge in [0.25, 0.3) is 0 Å². The summed E-state index contributed by atoms with van der Waals surface area (Å²) in [6, 6.07) is 7.95. The van der Waals surface area contributed by atoms with Crippen molar-refractivity contribution in [1.29, 1.82) is 0 Å². The van der Waals surface area contributed by atoms with E-state index in [4.69, 9.17) is 26.6 Å². The molecule has 1 rings (SSSR count). The van der Waals surface area contributed by atoms with E-state index in [0.717, 1.165) is 10.4 Å². The van der Waals surface area contributed by atoms with Gasteiger partial charge in [0.2, 0.25) is 0 Å². The molecule has 0 heterocycles. The smallest absolute Gasteiger partial charge is 0.370 e. The van der Waals surface area contributed by atoms with Crippen LogP contribution in [0.15, 0.2) is 24.3 Å². The van der Waals surface area contributed by atoms with Gasteiger partial charge < -0.3 is 26.6 Å². The van der Waals surface area contributed by atoms with Crippen LogP contribution in [0.5, 0.6) is 0 Å². The number of hydrogen-bond acceptors (Lipinski definition) is 6. The van der Waals surface area contributed by atoms with Crippen molar-refractivity contribution in [3.05, 3.63) is 24.3 Å². The van der Waals surface area contributed by atoms with Crippen LogP contribution in [0.25, 0.3) is 0 Å². The molecule has 0 fully saturated rings. The maximum absolute atomic E-state index is 5.98. The third kappa shape index (κ3) is 7.59. The lowest BCUT2D eigenvalue weighted by Crippen LogP contribution is -2.59. The van der Waals surface area contributed by atoms with Crippen LogP contribution in [0.4, 0.5) is 0 Å². The van der Waals surface area contributed by atoms with E-state index in [9.17, 15) is 0 Å². The van der Waals surface area contributed by atoms with Crippen molar-refractivity contribution in [2.24, 2.45) is 0 Å². The molecule has 0 bridgehead atoms. The van der Waals surface area contributed by atoms with E-state index in [-0.39, 0.29) is 0 Å². The Balaban J connectivity index is 0.00000352. The summed E-state index contributed by atoms with van der Waals surface area (Å²) in [5.74, 6) is 0. The Bertz CT molecular complexity index is 424. The van der Waals surface area contributed by atoms with E-state index in [2.05, 4.69) is 0 Å². The zero-order chi connectivity index (χ0) is 21.5. The first-order valence-electron chi connectivity index (χ1n) is 10.5. The van der Waals surface area contributed by atoms with Crippen LogP contribution >= 0.6 is 0 Å². The van der Waals surface area contributed by atoms with Crippen molar-refractivity contribution >= 4 is 47.5 Å². The molecular formula is C18H40O6Si4. The van der Waals surface area contributed by atoms with Crippen molar-refractivity contribution in [1.82, 2.24) is 0 Å². The second-order valence-electron chi connectivity index (χ2n) is 5.29. The summed E-state index contributed by atoms with van der Waals surface area (Å²) in [7, 11) is -2.94. The van der Waals surface area contributed by atoms with Gasteiger partial charge >= 0.3 is 17.6 Å². The number of rotatable bonds is 14. The molecule has 6 nitrogen and oxygen atoms in total. The minimum absolute atomic E-state index is 0.531. The number of hydrogen-bond donors (Lipinski definition) is 0. The van der Waals surface area contributed by atoms with Crippen LogP contribution < -0.4 is 10.4 Å². The fourth-order valence-corrected chi connectivity index (χ4v) is 7.70. The maximum Gasteiger partial charge on any atom is 0.537 e. The average molecular weight is 465 g/mol. The summed E-state index contributed by atoms with van der Waals surface area (Å²) in [4.78, 5) is 0. The van der Waals surface area contributed by atoms with Gasteiger partial charge in [0, 0.05) is 50.0 Å². The Morgan fingerprint density at radius 1 is 0.500 bits per heavy atom. The summed E-state index contributed by atoms with van der Waals surface area (Å²) in [5, 5.41) is 1.86. The van der Waals surface area contributed by atoms with Crippen molar-refractivity contribution in [3.63, 3.8) is 0 Å². The molecule has 0 atom stereocenters. The zero-order valence-electron chi connectivity index (χ0n) is 19.0. The fraction of sp³-hybridized carbons (Fsp3) is 0.667. The summed E-state index contributed by atoms with van der Waals surface area (Å²) < 4.78 is 35.9. The molecule has 0 aliphatic carbocycles. The summed E-state index contributed by atoms with van der Waals surface area (Å²) in [5.41, 5.74) is 0. The van der Waals surface area contributed by atoms with Gasteiger partial charge in [-0.1, -0.05) is 24.3 Å². The van der Waals surface area contributed by atoms with E-state index < -0.39 is 17.6 Å². The molecule has 0 radical (unpaired) electrons. The minimum Gasteiger partial charge on any atom is -0.370 e. The fourth-order valence-electron chi connectivity index (χ4n) is 2.77. The van der Waals surface area contributed by atoms with Gasteiger partial charge in [0.1, 0.15) is 0 Å². The van der Waals surface area contributed by atoms with Crippen LogP contribution in [-0.4, -0.2) is 76.8 Å². The van der Waals surface area contributed by atoms with Crippen LogP contribution in [0.2, 0.25) is 0 Å². The van der Waals surface area contributed by atoms with E-state index in [1.807, 2.05) is 65.8 Å². The molecule has 0 unspecified atom stereocenters. The molecule has 0 aliphatic heterocycles. The lowest BCUT2D eigenvalue weighted by Gasteiger charge is -2.30. The Hall–Kier alpha value is -0.152. The van der Waals surface area contributed by atoms with Gasteiger partial charge in [0.05, 0.1) is 0 Å². The van der Waals surface area contributed by atoms with E-state index in [0.29, 0.717) is 39.6 Å². The highest BCUT2D eigenvalue weighted by Crippen LogP contribution is 2.14. The number of benzene rings is 1. The summed E-state index contributed by atoms with van der Waals surface area (Å²) in [6.45, 7) is 14.9. The average Bonchev–Trinajstić information content (AvgIpc) is 2.71. The molecule has 0 spiro atoms. The minimum atomic E-state index is -2.92. The van der Waals surface area contributed by atoms with Crippen molar-refractivity contribution in [3.8, 4) is 0 Å². The first-order valence-corrected chi connectivity index (χ1v) is 22.0. The van der Waals surface area contributed by atoms with Crippen LogP contribution in [-0.2, 0) is 26.6 Å². The van der Waals surface area contributed by atoms with Gasteiger partial charge in [-0.3, -0.25) is 0 Å². The summed E-state index contributed by atoms with van der Waals surface area (Å²) >= 11 is 0. The third-order valence-corrected chi connectivity index (χ3v) is 9.69. The standard InChI is InChI=1S/C18H34O6Si2.H6Si2/c1-7-19-25(20-8-2,21-9-3)17-13-15-18(16-14-17)26(22-10-4,23-11-5)24-12-6;1-2/h13-16H,7-12H2,1-6H3;1-2H3. The van der Waals surface area contributed by atoms with Crippen molar-refractivity contribution in [2.45, 2.75) is 41.5 Å². The monoisotopic (exact) mass is 464 g/mol. The molecule has 1 aromatic carbocycles. The highest BCUT2D eigenvalue weighted by atomic mass is 29.1.